The van der Waals surface area contributed by atoms with Crippen LogP contribution < -0.4 is 14.8 Å². The maximum absolute atomic E-state index is 5.51. The normalized spacial score (nSPS) is 24.2. The van der Waals surface area contributed by atoms with Gasteiger partial charge in [0.05, 0.1) is 14.2 Å². The summed E-state index contributed by atoms with van der Waals surface area (Å²) >= 11 is 0. The van der Waals surface area contributed by atoms with E-state index in [-0.39, 0.29) is 0 Å². The molecule has 2 unspecified atom stereocenters. The fourth-order valence-corrected chi connectivity index (χ4v) is 2.84. The second kappa shape index (κ2) is 7.66. The van der Waals surface area contributed by atoms with Gasteiger partial charge in [0.1, 0.15) is 11.5 Å². The third-order valence-electron chi connectivity index (χ3n) is 4.15. The van der Waals surface area contributed by atoms with E-state index in [2.05, 4.69) is 30.1 Å². The van der Waals surface area contributed by atoms with Crippen LogP contribution in [-0.2, 0) is 6.54 Å². The zero-order valence-corrected chi connectivity index (χ0v) is 13.7. The van der Waals surface area contributed by atoms with Crippen molar-refractivity contribution in [3.63, 3.8) is 0 Å². The lowest BCUT2D eigenvalue weighted by molar-refractivity contribution is 0.193. The first kappa shape index (κ1) is 16.1. The SMILES string of the molecule is COc1ccc(CN2CCC(C)NCC(C)C2)c(OC)c1. The van der Waals surface area contributed by atoms with Crippen LogP contribution in [0.15, 0.2) is 18.2 Å². The molecule has 1 fully saturated rings. The molecule has 1 N–H and O–H groups in total. The molecule has 1 aliphatic rings. The summed E-state index contributed by atoms with van der Waals surface area (Å²) in [6, 6.07) is 6.68. The van der Waals surface area contributed by atoms with Gasteiger partial charge in [0.25, 0.3) is 0 Å². The Bertz CT molecular complexity index is 450. The average molecular weight is 292 g/mol. The molecule has 0 amide bonds. The summed E-state index contributed by atoms with van der Waals surface area (Å²) in [4.78, 5) is 2.53. The summed E-state index contributed by atoms with van der Waals surface area (Å²) in [7, 11) is 3.41. The fourth-order valence-electron chi connectivity index (χ4n) is 2.84. The van der Waals surface area contributed by atoms with Gasteiger partial charge in [-0.3, -0.25) is 4.90 Å². The standard InChI is InChI=1S/C17H28N2O2/c1-13-10-18-14(2)7-8-19(11-13)12-15-5-6-16(20-3)9-17(15)21-4/h5-6,9,13-14,18H,7-8,10-12H2,1-4H3. The first-order valence-electron chi connectivity index (χ1n) is 7.79. The van der Waals surface area contributed by atoms with E-state index in [0.29, 0.717) is 12.0 Å². The summed E-state index contributed by atoms with van der Waals surface area (Å²) in [6.07, 6.45) is 1.19. The van der Waals surface area contributed by atoms with Crippen LogP contribution in [0.4, 0.5) is 0 Å². The molecular formula is C17H28N2O2. The lowest BCUT2D eigenvalue weighted by Crippen LogP contribution is -2.42. The smallest absolute Gasteiger partial charge is 0.127 e. The number of nitrogens with zero attached hydrogens (tertiary/aromatic N) is 1. The van der Waals surface area contributed by atoms with Crippen molar-refractivity contribution in [2.24, 2.45) is 5.92 Å². The summed E-state index contributed by atoms with van der Waals surface area (Å²) in [5.41, 5.74) is 1.23. The number of ether oxygens (including phenoxy) is 2. The van der Waals surface area contributed by atoms with Crippen molar-refractivity contribution in [1.29, 1.82) is 0 Å². The first-order chi connectivity index (χ1) is 10.1. The third kappa shape index (κ3) is 4.61. The Labute approximate surface area is 128 Å². The molecule has 21 heavy (non-hydrogen) atoms. The van der Waals surface area contributed by atoms with Gasteiger partial charge in [-0.1, -0.05) is 13.0 Å². The van der Waals surface area contributed by atoms with Crippen LogP contribution in [0.25, 0.3) is 0 Å². The minimum Gasteiger partial charge on any atom is -0.497 e. The topological polar surface area (TPSA) is 33.7 Å². The van der Waals surface area contributed by atoms with Crippen LogP contribution in [0, 0.1) is 5.92 Å². The lowest BCUT2D eigenvalue weighted by atomic mass is 10.1. The number of nitrogens with one attached hydrogen (secondary N) is 1. The quantitative estimate of drug-likeness (QED) is 0.924. The molecule has 2 atom stereocenters. The van der Waals surface area contributed by atoms with Crippen LogP contribution >= 0.6 is 0 Å². The highest BCUT2D eigenvalue weighted by atomic mass is 16.5. The van der Waals surface area contributed by atoms with Crippen molar-refractivity contribution >= 4 is 0 Å². The Balaban J connectivity index is 2.08. The Morgan fingerprint density at radius 2 is 2.05 bits per heavy atom. The van der Waals surface area contributed by atoms with E-state index in [4.69, 9.17) is 9.47 Å². The highest BCUT2D eigenvalue weighted by Crippen LogP contribution is 2.26. The maximum atomic E-state index is 5.51. The van der Waals surface area contributed by atoms with E-state index in [1.54, 1.807) is 14.2 Å². The summed E-state index contributed by atoms with van der Waals surface area (Å²) < 4.78 is 10.8. The van der Waals surface area contributed by atoms with Gasteiger partial charge in [-0.2, -0.15) is 0 Å². The van der Waals surface area contributed by atoms with Gasteiger partial charge in [0, 0.05) is 30.8 Å². The predicted octanol–water partition coefficient (Wildman–Crippen LogP) is 2.52. The minimum atomic E-state index is 0.591. The largest absolute Gasteiger partial charge is 0.497 e. The van der Waals surface area contributed by atoms with Crippen molar-refractivity contribution in [1.82, 2.24) is 10.2 Å². The first-order valence-corrected chi connectivity index (χ1v) is 7.79. The summed E-state index contributed by atoms with van der Waals surface area (Å²) in [5, 5.41) is 3.59. The molecule has 0 radical (unpaired) electrons. The van der Waals surface area contributed by atoms with Gasteiger partial charge in [-0.05, 0) is 38.4 Å². The lowest BCUT2D eigenvalue weighted by Gasteiger charge is -2.31. The van der Waals surface area contributed by atoms with Gasteiger partial charge in [-0.15, -0.1) is 0 Å². The molecular weight excluding hydrogens is 264 g/mol. The fraction of sp³-hybridized carbons (Fsp3) is 0.647. The second-order valence-corrected chi connectivity index (χ2v) is 6.12. The zero-order valence-electron chi connectivity index (χ0n) is 13.7. The van der Waals surface area contributed by atoms with Gasteiger partial charge in [-0.25, -0.2) is 0 Å². The van der Waals surface area contributed by atoms with Crippen molar-refractivity contribution in [3.05, 3.63) is 23.8 Å². The second-order valence-electron chi connectivity index (χ2n) is 6.12. The number of benzene rings is 1. The van der Waals surface area contributed by atoms with Crippen molar-refractivity contribution in [2.75, 3.05) is 33.9 Å². The summed E-state index contributed by atoms with van der Waals surface area (Å²) in [6.45, 7) is 8.84. The van der Waals surface area contributed by atoms with Crippen molar-refractivity contribution < 1.29 is 9.47 Å². The number of methoxy groups -OCH3 is 2. The van der Waals surface area contributed by atoms with E-state index < -0.39 is 0 Å². The Morgan fingerprint density at radius 1 is 1.24 bits per heavy atom. The maximum Gasteiger partial charge on any atom is 0.127 e. The molecule has 0 aromatic heterocycles. The van der Waals surface area contributed by atoms with Crippen molar-refractivity contribution in [2.45, 2.75) is 32.9 Å². The molecule has 1 aromatic carbocycles. The zero-order chi connectivity index (χ0) is 15.2. The third-order valence-corrected chi connectivity index (χ3v) is 4.15. The predicted molar refractivity (Wildman–Crippen MR) is 86.1 cm³/mol. The molecule has 4 nitrogen and oxygen atoms in total. The number of hydrogen-bond donors (Lipinski definition) is 1. The van der Waals surface area contributed by atoms with Gasteiger partial charge in [0.15, 0.2) is 0 Å². The monoisotopic (exact) mass is 292 g/mol. The molecule has 1 aromatic rings. The molecule has 0 saturated carbocycles. The molecule has 0 spiro atoms. The van der Waals surface area contributed by atoms with E-state index >= 15 is 0 Å². The highest BCUT2D eigenvalue weighted by molar-refractivity contribution is 5.40. The van der Waals surface area contributed by atoms with Crippen LogP contribution in [0.5, 0.6) is 11.5 Å². The highest BCUT2D eigenvalue weighted by Gasteiger charge is 2.18. The molecule has 1 saturated heterocycles. The molecule has 1 heterocycles. The van der Waals surface area contributed by atoms with Crippen LogP contribution in [0.2, 0.25) is 0 Å². The van der Waals surface area contributed by atoms with Crippen LogP contribution in [0.3, 0.4) is 0 Å². The molecule has 118 valence electrons. The van der Waals surface area contributed by atoms with Gasteiger partial charge >= 0.3 is 0 Å². The number of hydrogen-bond acceptors (Lipinski definition) is 4. The summed E-state index contributed by atoms with van der Waals surface area (Å²) in [5.74, 6) is 2.42. The van der Waals surface area contributed by atoms with E-state index in [1.165, 1.54) is 12.0 Å². The molecule has 0 aliphatic carbocycles. The molecule has 1 aliphatic heterocycles. The van der Waals surface area contributed by atoms with E-state index in [1.807, 2.05) is 12.1 Å². The Kier molecular flexibility index (Phi) is 5.88. The minimum absolute atomic E-state index is 0.591. The van der Waals surface area contributed by atoms with Crippen molar-refractivity contribution in [3.8, 4) is 11.5 Å². The van der Waals surface area contributed by atoms with E-state index in [9.17, 15) is 0 Å². The molecule has 2 rings (SSSR count). The Hall–Kier alpha value is -1.26. The number of rotatable bonds is 4. The molecule has 4 heteroatoms. The molecule has 0 bridgehead atoms. The van der Waals surface area contributed by atoms with Gasteiger partial charge in [0.2, 0.25) is 0 Å². The van der Waals surface area contributed by atoms with Crippen LogP contribution in [-0.4, -0.2) is 44.8 Å². The Morgan fingerprint density at radius 3 is 2.76 bits per heavy atom. The van der Waals surface area contributed by atoms with Gasteiger partial charge < -0.3 is 14.8 Å². The van der Waals surface area contributed by atoms with E-state index in [0.717, 1.165) is 37.7 Å². The average Bonchev–Trinajstić information content (AvgIpc) is 2.49. The van der Waals surface area contributed by atoms with Crippen LogP contribution in [0.1, 0.15) is 25.8 Å².